The van der Waals surface area contributed by atoms with E-state index in [-0.39, 0.29) is 10.9 Å². The first-order valence-corrected chi connectivity index (χ1v) is 18.0. The first kappa shape index (κ1) is 34.2. The quantitative estimate of drug-likeness (QED) is 0.0818. The van der Waals surface area contributed by atoms with Crippen LogP contribution in [0.3, 0.4) is 0 Å². The molecule has 0 unspecified atom stereocenters. The lowest BCUT2D eigenvalue weighted by Gasteiger charge is -2.32. The van der Waals surface area contributed by atoms with Crippen molar-refractivity contribution in [3.05, 3.63) is 181 Å². The Hall–Kier alpha value is -4.70. The Morgan fingerprint density at radius 3 is 1.24 bits per heavy atom. The molecule has 49 heavy (non-hydrogen) atoms. The number of halogens is 5. The predicted octanol–water partition coefficient (Wildman–Crippen LogP) is 8.30. The summed E-state index contributed by atoms with van der Waals surface area (Å²) in [7, 11) is -3.04. The van der Waals surface area contributed by atoms with Crippen LogP contribution >= 0.6 is 15.8 Å². The first-order chi connectivity index (χ1) is 23.7. The van der Waals surface area contributed by atoms with E-state index in [1.807, 2.05) is 84.9 Å². The maximum atomic E-state index is 15.8. The molecule has 0 aliphatic rings. The molecule has 0 fully saturated rings. The average Bonchev–Trinajstić information content (AvgIpc) is 3.13. The van der Waals surface area contributed by atoms with Gasteiger partial charge in [0.15, 0.2) is 0 Å². The lowest BCUT2D eigenvalue weighted by atomic mass is 10.0. The lowest BCUT2D eigenvalue weighted by Crippen LogP contribution is -2.45. The molecule has 0 spiro atoms. The van der Waals surface area contributed by atoms with Crippen LogP contribution in [0.5, 0.6) is 0 Å². The third kappa shape index (κ3) is 7.34. The zero-order chi connectivity index (χ0) is 34.4. The van der Waals surface area contributed by atoms with Gasteiger partial charge < -0.3 is 4.74 Å². The fraction of sp³-hybridized carbons (Fsp3) is 0.0750. The highest BCUT2D eigenvalue weighted by Gasteiger charge is 2.65. The fourth-order valence-electron chi connectivity index (χ4n) is 5.57. The number of ether oxygens (including phenoxy) is 1. The zero-order valence-corrected chi connectivity index (χ0v) is 27.6. The summed E-state index contributed by atoms with van der Waals surface area (Å²) in [6.07, 6.45) is -8.99. The van der Waals surface area contributed by atoms with Gasteiger partial charge in [-0.05, 0) is 53.7 Å². The second-order valence-corrected chi connectivity index (χ2v) is 15.4. The SMILES string of the molecule is O=C(O[C@H](c1ccccc1P(c1ccccc1)c1ccccc1)C(F)(F)C(F)(F)F)c1ccccc1P(c1ccccc1)c1ccccc1. The van der Waals surface area contributed by atoms with Crippen LogP contribution in [-0.2, 0) is 4.74 Å². The maximum Gasteiger partial charge on any atom is 0.457 e. The Balaban J connectivity index is 1.49. The Bertz CT molecular complexity index is 1910. The number of hydrogen-bond acceptors (Lipinski definition) is 2. The summed E-state index contributed by atoms with van der Waals surface area (Å²) >= 11 is 0. The first-order valence-electron chi connectivity index (χ1n) is 15.3. The fourth-order valence-corrected chi connectivity index (χ4v) is 10.5. The van der Waals surface area contributed by atoms with Gasteiger partial charge in [-0.15, -0.1) is 0 Å². The van der Waals surface area contributed by atoms with Gasteiger partial charge in [0.2, 0.25) is 6.10 Å². The Kier molecular flexibility index (Phi) is 10.3. The van der Waals surface area contributed by atoms with Gasteiger partial charge in [-0.3, -0.25) is 0 Å². The molecule has 6 aromatic carbocycles. The van der Waals surface area contributed by atoms with Crippen LogP contribution in [0.1, 0.15) is 22.0 Å². The number of esters is 1. The average molecular weight is 699 g/mol. The van der Waals surface area contributed by atoms with Gasteiger partial charge in [-0.25, -0.2) is 4.79 Å². The molecule has 0 radical (unpaired) electrons. The zero-order valence-electron chi connectivity index (χ0n) is 25.8. The van der Waals surface area contributed by atoms with Gasteiger partial charge in [0, 0.05) is 5.56 Å². The van der Waals surface area contributed by atoms with E-state index < -0.39 is 45.6 Å². The minimum Gasteiger partial charge on any atom is -0.447 e. The van der Waals surface area contributed by atoms with Crippen molar-refractivity contribution in [2.75, 3.05) is 0 Å². The van der Waals surface area contributed by atoms with E-state index in [1.165, 1.54) is 24.3 Å². The van der Waals surface area contributed by atoms with Crippen molar-refractivity contribution < 1.29 is 31.5 Å². The highest BCUT2D eigenvalue weighted by atomic mass is 31.1. The van der Waals surface area contributed by atoms with Crippen LogP contribution in [0, 0.1) is 0 Å². The minimum absolute atomic E-state index is 0.0878. The molecule has 9 heteroatoms. The lowest BCUT2D eigenvalue weighted by molar-refractivity contribution is -0.314. The van der Waals surface area contributed by atoms with E-state index in [0.717, 1.165) is 21.2 Å². The van der Waals surface area contributed by atoms with E-state index >= 15 is 8.78 Å². The van der Waals surface area contributed by atoms with Crippen LogP contribution in [0.25, 0.3) is 0 Å². The molecule has 0 amide bonds. The highest BCUT2D eigenvalue weighted by molar-refractivity contribution is 7.80. The Morgan fingerprint density at radius 2 is 0.816 bits per heavy atom. The van der Waals surface area contributed by atoms with Crippen LogP contribution in [-0.4, -0.2) is 18.1 Å². The van der Waals surface area contributed by atoms with Gasteiger partial charge in [0.1, 0.15) is 0 Å². The molecule has 0 bridgehead atoms. The topological polar surface area (TPSA) is 26.3 Å². The Morgan fingerprint density at radius 1 is 0.469 bits per heavy atom. The van der Waals surface area contributed by atoms with E-state index in [0.29, 0.717) is 5.30 Å². The van der Waals surface area contributed by atoms with Gasteiger partial charge in [0.25, 0.3) is 0 Å². The number of carbonyl (C=O) groups excluding carboxylic acids is 1. The second-order valence-electron chi connectivity index (χ2n) is 11.0. The number of hydrogen-bond donors (Lipinski definition) is 0. The van der Waals surface area contributed by atoms with Crippen molar-refractivity contribution in [1.82, 2.24) is 0 Å². The normalized spacial score (nSPS) is 12.6. The molecule has 0 saturated carbocycles. The molecule has 0 aliphatic carbocycles. The van der Waals surface area contributed by atoms with E-state index in [1.54, 1.807) is 60.7 Å². The maximum absolute atomic E-state index is 15.8. The molecular weight excluding hydrogens is 669 g/mol. The molecule has 2 nitrogen and oxygen atoms in total. The molecule has 6 rings (SSSR count). The third-order valence-corrected chi connectivity index (χ3v) is 12.8. The largest absolute Gasteiger partial charge is 0.457 e. The monoisotopic (exact) mass is 698 g/mol. The summed E-state index contributed by atoms with van der Waals surface area (Å²) in [6.45, 7) is 0. The summed E-state index contributed by atoms with van der Waals surface area (Å²) in [6, 6.07) is 48.7. The number of rotatable bonds is 10. The van der Waals surface area contributed by atoms with Crippen molar-refractivity contribution in [3.8, 4) is 0 Å². The van der Waals surface area contributed by atoms with Crippen molar-refractivity contribution in [2.45, 2.75) is 18.2 Å². The van der Waals surface area contributed by atoms with Crippen molar-refractivity contribution in [2.24, 2.45) is 0 Å². The molecule has 0 N–H and O–H groups in total. The molecule has 0 aromatic heterocycles. The van der Waals surface area contributed by atoms with E-state index in [9.17, 15) is 18.0 Å². The number of alkyl halides is 5. The van der Waals surface area contributed by atoms with Gasteiger partial charge in [-0.2, -0.15) is 22.0 Å². The van der Waals surface area contributed by atoms with Crippen molar-refractivity contribution in [3.63, 3.8) is 0 Å². The van der Waals surface area contributed by atoms with Crippen LogP contribution in [0.15, 0.2) is 170 Å². The minimum atomic E-state index is -6.02. The van der Waals surface area contributed by atoms with Crippen LogP contribution < -0.4 is 31.8 Å². The van der Waals surface area contributed by atoms with E-state index in [4.69, 9.17) is 4.74 Å². The van der Waals surface area contributed by atoms with Crippen LogP contribution in [0.2, 0.25) is 0 Å². The van der Waals surface area contributed by atoms with E-state index in [2.05, 4.69) is 0 Å². The number of benzene rings is 6. The molecule has 1 atom stereocenters. The summed E-state index contributed by atoms with van der Waals surface area (Å²) in [5.41, 5.74) is -0.502. The van der Waals surface area contributed by atoms with Gasteiger partial charge >= 0.3 is 18.1 Å². The second kappa shape index (κ2) is 14.8. The molecular formula is C40H29F5O2P2. The highest BCUT2D eigenvalue weighted by Crippen LogP contribution is 2.48. The van der Waals surface area contributed by atoms with Gasteiger partial charge in [-0.1, -0.05) is 164 Å². The molecule has 0 heterocycles. The van der Waals surface area contributed by atoms with Crippen molar-refractivity contribution in [1.29, 1.82) is 0 Å². The summed E-state index contributed by atoms with van der Waals surface area (Å²) in [5, 5.41) is 3.89. The standard InChI is InChI=1S/C40H29F5O2P2/c41-39(42,40(43,44)45)37(33-25-13-15-27-35(33)48(29-17-5-1-6-18-29)30-19-7-2-8-20-30)47-38(46)34-26-14-16-28-36(34)49(31-21-9-3-10-22-31)32-23-11-4-12-24-32/h1-28,37H/t37-/m1/s1. The summed E-state index contributed by atoms with van der Waals surface area (Å²) in [5.74, 6) is -6.70. The molecule has 246 valence electrons. The van der Waals surface area contributed by atoms with Gasteiger partial charge in [0.05, 0.1) is 5.56 Å². The predicted molar refractivity (Wildman–Crippen MR) is 189 cm³/mol. The molecule has 0 saturated heterocycles. The summed E-state index contributed by atoms with van der Waals surface area (Å²) < 4.78 is 80.0. The molecule has 6 aromatic rings. The van der Waals surface area contributed by atoms with Crippen LogP contribution in [0.4, 0.5) is 22.0 Å². The Labute approximate surface area is 283 Å². The smallest absolute Gasteiger partial charge is 0.447 e. The third-order valence-electron chi connectivity index (χ3n) is 7.81. The summed E-state index contributed by atoms with van der Waals surface area (Å²) in [4.78, 5) is 14.1. The molecule has 0 aliphatic heterocycles. The van der Waals surface area contributed by atoms with Crippen molar-refractivity contribution >= 4 is 53.6 Å². The number of carbonyl (C=O) groups is 1.